The van der Waals surface area contributed by atoms with Crippen molar-refractivity contribution in [3.05, 3.63) is 92.0 Å². The molecule has 0 aliphatic carbocycles. The lowest BCUT2D eigenvalue weighted by atomic mass is 10.2. The summed E-state index contributed by atoms with van der Waals surface area (Å²) in [5, 5.41) is 17.8. The fraction of sp³-hybridized carbons (Fsp3) is 0.160. The van der Waals surface area contributed by atoms with Crippen molar-refractivity contribution in [3.63, 3.8) is 0 Å². The van der Waals surface area contributed by atoms with E-state index in [0.717, 1.165) is 5.56 Å². The van der Waals surface area contributed by atoms with E-state index in [1.807, 2.05) is 6.92 Å². The van der Waals surface area contributed by atoms with E-state index in [1.54, 1.807) is 36.4 Å². The Bertz CT molecular complexity index is 1320. The maximum atomic E-state index is 12.1. The number of nitrogens with one attached hydrogen (secondary N) is 2. The maximum Gasteiger partial charge on any atom is 0.269 e. The molecular formula is C25H22Cl2N4O6. The first-order valence-corrected chi connectivity index (χ1v) is 11.7. The van der Waals surface area contributed by atoms with Crippen LogP contribution in [0.25, 0.3) is 0 Å². The number of anilines is 1. The van der Waals surface area contributed by atoms with Crippen molar-refractivity contribution in [1.29, 1.82) is 0 Å². The van der Waals surface area contributed by atoms with Gasteiger partial charge in [0.1, 0.15) is 13.0 Å². The van der Waals surface area contributed by atoms with Crippen LogP contribution in [0.3, 0.4) is 0 Å². The van der Waals surface area contributed by atoms with Gasteiger partial charge in [0.25, 0.3) is 5.69 Å². The van der Waals surface area contributed by atoms with Gasteiger partial charge in [0.05, 0.1) is 27.8 Å². The molecule has 0 saturated carbocycles. The first-order chi connectivity index (χ1) is 17.7. The number of nitrogens with zero attached hydrogens (tertiary/aromatic N) is 2. The molecule has 3 aromatic rings. The van der Waals surface area contributed by atoms with Gasteiger partial charge in [-0.1, -0.05) is 23.2 Å². The molecule has 192 valence electrons. The Hall–Kier alpha value is -4.15. The van der Waals surface area contributed by atoms with E-state index in [0.29, 0.717) is 34.4 Å². The Morgan fingerprint density at radius 3 is 2.41 bits per heavy atom. The van der Waals surface area contributed by atoms with Crippen molar-refractivity contribution in [3.8, 4) is 11.5 Å². The lowest BCUT2D eigenvalue weighted by Gasteiger charge is -2.12. The van der Waals surface area contributed by atoms with E-state index < -0.39 is 23.2 Å². The molecule has 2 N–H and O–H groups in total. The summed E-state index contributed by atoms with van der Waals surface area (Å²) in [7, 11) is 0. The second kappa shape index (κ2) is 13.2. The average molecular weight is 545 g/mol. The Morgan fingerprint density at radius 2 is 1.73 bits per heavy atom. The number of ether oxygens (including phenoxy) is 2. The summed E-state index contributed by atoms with van der Waals surface area (Å²) in [6.45, 7) is 2.40. The highest BCUT2D eigenvalue weighted by Crippen LogP contribution is 2.29. The lowest BCUT2D eigenvalue weighted by Crippen LogP contribution is -2.24. The molecule has 0 radical (unpaired) electrons. The zero-order chi connectivity index (χ0) is 26.8. The molecule has 0 atom stereocenters. The fourth-order valence-electron chi connectivity index (χ4n) is 3.01. The minimum atomic E-state index is -0.609. The van der Waals surface area contributed by atoms with E-state index in [2.05, 4.69) is 15.8 Å². The third kappa shape index (κ3) is 8.48. The number of halogens is 2. The number of nitro groups is 1. The molecule has 2 amide bonds. The van der Waals surface area contributed by atoms with Crippen LogP contribution in [0, 0.1) is 10.1 Å². The second-order valence-corrected chi connectivity index (χ2v) is 8.31. The summed E-state index contributed by atoms with van der Waals surface area (Å²) >= 11 is 11.8. The normalized spacial score (nSPS) is 10.7. The van der Waals surface area contributed by atoms with Crippen LogP contribution in [-0.4, -0.2) is 29.6 Å². The lowest BCUT2D eigenvalue weighted by molar-refractivity contribution is -0.384. The van der Waals surface area contributed by atoms with Gasteiger partial charge in [-0.25, -0.2) is 5.43 Å². The van der Waals surface area contributed by atoms with E-state index >= 15 is 0 Å². The Balaban J connectivity index is 1.54. The second-order valence-electron chi connectivity index (χ2n) is 7.50. The highest BCUT2D eigenvalue weighted by Gasteiger charge is 2.11. The smallest absolute Gasteiger partial charge is 0.269 e. The number of hydrogen-bond acceptors (Lipinski definition) is 7. The quantitative estimate of drug-likeness (QED) is 0.144. The predicted octanol–water partition coefficient (Wildman–Crippen LogP) is 5.36. The van der Waals surface area contributed by atoms with E-state index in [4.69, 9.17) is 32.7 Å². The van der Waals surface area contributed by atoms with Crippen LogP contribution < -0.4 is 20.2 Å². The molecular weight excluding hydrogens is 523 g/mol. The van der Waals surface area contributed by atoms with Gasteiger partial charge in [0.2, 0.25) is 11.8 Å². The number of carbonyl (C=O) groups excluding carboxylic acids is 2. The monoisotopic (exact) mass is 544 g/mol. The van der Waals surface area contributed by atoms with Gasteiger partial charge >= 0.3 is 0 Å². The molecule has 37 heavy (non-hydrogen) atoms. The maximum absolute atomic E-state index is 12.1. The first kappa shape index (κ1) is 27.4. The predicted molar refractivity (Wildman–Crippen MR) is 140 cm³/mol. The molecule has 3 rings (SSSR count). The topological polar surface area (TPSA) is 132 Å². The van der Waals surface area contributed by atoms with Crippen LogP contribution in [0.2, 0.25) is 10.0 Å². The third-order valence-electron chi connectivity index (χ3n) is 4.74. The van der Waals surface area contributed by atoms with Gasteiger partial charge in [-0.15, -0.1) is 0 Å². The number of amides is 2. The Kier molecular flexibility index (Phi) is 9.82. The summed E-state index contributed by atoms with van der Waals surface area (Å²) in [4.78, 5) is 34.4. The number of carbonyl (C=O) groups is 2. The minimum absolute atomic E-state index is 0.00147. The fourth-order valence-corrected chi connectivity index (χ4v) is 3.31. The van der Waals surface area contributed by atoms with Gasteiger partial charge in [0.15, 0.2) is 11.5 Å². The third-order valence-corrected chi connectivity index (χ3v) is 5.48. The molecule has 3 aromatic carbocycles. The zero-order valence-electron chi connectivity index (χ0n) is 19.6. The molecule has 0 aliphatic rings. The largest absolute Gasteiger partial charge is 0.490 e. The van der Waals surface area contributed by atoms with Crippen LogP contribution in [0.1, 0.15) is 24.5 Å². The molecule has 0 aliphatic heterocycles. The van der Waals surface area contributed by atoms with Crippen molar-refractivity contribution in [2.75, 3.05) is 11.9 Å². The Morgan fingerprint density at radius 1 is 0.973 bits per heavy atom. The molecule has 0 heterocycles. The zero-order valence-corrected chi connectivity index (χ0v) is 21.1. The molecule has 0 saturated heterocycles. The van der Waals surface area contributed by atoms with Crippen LogP contribution >= 0.6 is 23.2 Å². The highest BCUT2D eigenvalue weighted by atomic mass is 35.5. The summed E-state index contributed by atoms with van der Waals surface area (Å²) < 4.78 is 11.4. The molecule has 0 fully saturated rings. The minimum Gasteiger partial charge on any atom is -0.490 e. The Labute approximate surface area is 222 Å². The number of non-ortho nitro benzene ring substituents is 1. The van der Waals surface area contributed by atoms with Crippen LogP contribution in [-0.2, 0) is 16.2 Å². The van der Waals surface area contributed by atoms with Crippen LogP contribution in [0.5, 0.6) is 11.5 Å². The summed E-state index contributed by atoms with van der Waals surface area (Å²) in [6.07, 6.45) is 0.953. The molecule has 0 spiro atoms. The van der Waals surface area contributed by atoms with Gasteiger partial charge in [-0.05, 0) is 66.6 Å². The summed E-state index contributed by atoms with van der Waals surface area (Å²) in [6, 6.07) is 15.7. The van der Waals surface area contributed by atoms with Gasteiger partial charge in [-0.3, -0.25) is 19.7 Å². The first-order valence-electron chi connectivity index (χ1n) is 10.9. The van der Waals surface area contributed by atoms with E-state index in [1.165, 1.54) is 30.5 Å². The summed E-state index contributed by atoms with van der Waals surface area (Å²) in [5.41, 5.74) is 4.08. The van der Waals surface area contributed by atoms with Crippen LogP contribution in [0.4, 0.5) is 11.4 Å². The molecule has 10 nitrogen and oxygen atoms in total. The van der Waals surface area contributed by atoms with Gasteiger partial charge in [-0.2, -0.15) is 5.10 Å². The number of nitro benzene ring substituents is 1. The number of hydrogen-bond donors (Lipinski definition) is 2. The highest BCUT2D eigenvalue weighted by molar-refractivity contribution is 6.42. The van der Waals surface area contributed by atoms with Gasteiger partial charge < -0.3 is 14.8 Å². The van der Waals surface area contributed by atoms with E-state index in [-0.39, 0.29) is 17.3 Å². The van der Waals surface area contributed by atoms with Crippen molar-refractivity contribution >= 4 is 52.6 Å². The number of rotatable bonds is 11. The standard InChI is InChI=1S/C25H22Cl2N4O6/c1-2-36-23-11-17(5-10-22(23)37-15-16-3-7-19(8-4-16)31(34)35)14-28-30-25(33)13-24(32)29-18-6-9-20(26)21(27)12-18/h3-12,14H,2,13,15H2,1H3,(H,29,32)(H,30,33). The van der Waals surface area contributed by atoms with E-state index in [9.17, 15) is 19.7 Å². The molecule has 0 unspecified atom stereocenters. The molecule has 0 bridgehead atoms. The van der Waals surface area contributed by atoms with Gasteiger partial charge in [0, 0.05) is 17.8 Å². The van der Waals surface area contributed by atoms with Crippen molar-refractivity contribution in [2.45, 2.75) is 20.0 Å². The van der Waals surface area contributed by atoms with Crippen molar-refractivity contribution in [2.24, 2.45) is 5.10 Å². The number of benzene rings is 3. The van der Waals surface area contributed by atoms with Crippen molar-refractivity contribution < 1.29 is 24.0 Å². The summed E-state index contributed by atoms with van der Waals surface area (Å²) in [5.74, 6) is -0.220. The van der Waals surface area contributed by atoms with Crippen molar-refractivity contribution in [1.82, 2.24) is 5.43 Å². The molecule has 12 heteroatoms. The van der Waals surface area contributed by atoms with Crippen LogP contribution in [0.15, 0.2) is 65.8 Å². The number of hydrazone groups is 1. The SMILES string of the molecule is CCOc1cc(C=NNC(=O)CC(=O)Nc2ccc(Cl)c(Cl)c2)ccc1OCc1ccc([N+](=O)[O-])cc1. The average Bonchev–Trinajstić information content (AvgIpc) is 2.86. The molecule has 0 aromatic heterocycles.